The highest BCUT2D eigenvalue weighted by Gasteiger charge is 2.18. The summed E-state index contributed by atoms with van der Waals surface area (Å²) in [6.45, 7) is 1.70. The molecule has 0 aliphatic carbocycles. The molecule has 3 heterocycles. The van der Waals surface area contributed by atoms with Crippen molar-refractivity contribution < 1.29 is 9.53 Å². The number of ether oxygens (including phenoxy) is 1. The Labute approximate surface area is 180 Å². The van der Waals surface area contributed by atoms with Crippen LogP contribution in [0.25, 0.3) is 33.7 Å². The number of aromatic nitrogens is 3. The van der Waals surface area contributed by atoms with Crippen LogP contribution in [0.4, 0.5) is 0 Å². The van der Waals surface area contributed by atoms with Gasteiger partial charge in [-0.15, -0.1) is 0 Å². The van der Waals surface area contributed by atoms with E-state index >= 15 is 0 Å². The smallest absolute Gasteiger partial charge is 0.253 e. The third-order valence-electron chi connectivity index (χ3n) is 5.84. The van der Waals surface area contributed by atoms with Crippen LogP contribution >= 0.6 is 0 Å². The van der Waals surface area contributed by atoms with Gasteiger partial charge in [0.15, 0.2) is 5.65 Å². The zero-order valence-electron chi connectivity index (χ0n) is 17.5. The first kappa shape index (κ1) is 19.3. The lowest BCUT2D eigenvalue weighted by atomic mass is 10.1. The normalized spacial score (nSPS) is 14.0. The molecule has 1 aliphatic heterocycles. The number of rotatable bonds is 4. The van der Waals surface area contributed by atoms with Gasteiger partial charge in [-0.2, -0.15) is 0 Å². The number of benzene rings is 2. The largest absolute Gasteiger partial charge is 0.497 e. The number of fused-ring (bicyclic) bond motifs is 1. The van der Waals surface area contributed by atoms with E-state index in [1.54, 1.807) is 13.3 Å². The van der Waals surface area contributed by atoms with E-state index < -0.39 is 0 Å². The van der Waals surface area contributed by atoms with Crippen LogP contribution in [0.1, 0.15) is 29.6 Å². The van der Waals surface area contributed by atoms with Crippen molar-refractivity contribution in [2.45, 2.75) is 19.3 Å². The summed E-state index contributed by atoms with van der Waals surface area (Å²) in [7, 11) is 1.66. The lowest BCUT2D eigenvalue weighted by Gasteiger charge is -2.26. The molecule has 31 heavy (non-hydrogen) atoms. The van der Waals surface area contributed by atoms with Crippen molar-refractivity contribution in [3.63, 3.8) is 0 Å². The molecule has 0 spiro atoms. The molecule has 1 amide bonds. The maximum absolute atomic E-state index is 12.7. The number of hydrogen-bond acceptors (Lipinski definition) is 4. The Morgan fingerprint density at radius 3 is 2.35 bits per heavy atom. The zero-order valence-corrected chi connectivity index (χ0v) is 17.5. The van der Waals surface area contributed by atoms with E-state index in [4.69, 9.17) is 4.74 Å². The number of nitrogens with zero attached hydrogens (tertiary/aromatic N) is 3. The van der Waals surface area contributed by atoms with Crippen molar-refractivity contribution in [3.8, 4) is 28.3 Å². The predicted molar refractivity (Wildman–Crippen MR) is 121 cm³/mol. The van der Waals surface area contributed by atoms with Crippen molar-refractivity contribution in [1.82, 2.24) is 19.9 Å². The number of hydrogen-bond donors (Lipinski definition) is 1. The Morgan fingerprint density at radius 1 is 0.935 bits per heavy atom. The van der Waals surface area contributed by atoms with Crippen LogP contribution < -0.4 is 4.74 Å². The van der Waals surface area contributed by atoms with Gasteiger partial charge in [-0.05, 0) is 55.2 Å². The van der Waals surface area contributed by atoms with Crippen LogP contribution in [-0.2, 0) is 0 Å². The first-order valence-corrected chi connectivity index (χ1v) is 10.6. The van der Waals surface area contributed by atoms with Crippen molar-refractivity contribution in [2.24, 2.45) is 0 Å². The molecule has 1 fully saturated rings. The summed E-state index contributed by atoms with van der Waals surface area (Å²) in [5.74, 6) is 1.67. The number of piperidine rings is 1. The number of methoxy groups -OCH3 is 1. The van der Waals surface area contributed by atoms with Gasteiger partial charge >= 0.3 is 0 Å². The number of aromatic amines is 1. The van der Waals surface area contributed by atoms with Gasteiger partial charge < -0.3 is 14.6 Å². The molecule has 156 valence electrons. The Balaban J connectivity index is 1.44. The summed E-state index contributed by atoms with van der Waals surface area (Å²) in [6.07, 6.45) is 5.16. The molecule has 1 saturated heterocycles. The minimum atomic E-state index is 0.110. The van der Waals surface area contributed by atoms with E-state index in [1.165, 1.54) is 6.42 Å². The van der Waals surface area contributed by atoms with E-state index in [2.05, 4.69) is 15.0 Å². The third kappa shape index (κ3) is 3.77. The van der Waals surface area contributed by atoms with E-state index in [0.29, 0.717) is 5.65 Å². The molecule has 2 aromatic carbocycles. The van der Waals surface area contributed by atoms with Crippen LogP contribution in [0.5, 0.6) is 5.75 Å². The molecule has 2 aromatic heterocycles. The van der Waals surface area contributed by atoms with Gasteiger partial charge in [-0.25, -0.2) is 9.97 Å². The van der Waals surface area contributed by atoms with E-state index in [-0.39, 0.29) is 5.91 Å². The molecule has 0 atom stereocenters. The van der Waals surface area contributed by atoms with Gasteiger partial charge in [0.05, 0.1) is 12.6 Å². The topological polar surface area (TPSA) is 71.1 Å². The van der Waals surface area contributed by atoms with Crippen LogP contribution in [0.15, 0.2) is 60.8 Å². The molecule has 0 unspecified atom stereocenters. The van der Waals surface area contributed by atoms with E-state index in [9.17, 15) is 4.79 Å². The van der Waals surface area contributed by atoms with E-state index in [1.807, 2.05) is 59.5 Å². The van der Waals surface area contributed by atoms with Crippen LogP contribution in [-0.4, -0.2) is 46.0 Å². The molecule has 6 heteroatoms. The monoisotopic (exact) mass is 412 g/mol. The quantitative estimate of drug-likeness (QED) is 0.516. The summed E-state index contributed by atoms with van der Waals surface area (Å²) in [5, 5.41) is 0. The van der Waals surface area contributed by atoms with Crippen molar-refractivity contribution in [2.75, 3.05) is 20.2 Å². The predicted octanol–water partition coefficient (Wildman–Crippen LogP) is 4.93. The molecular weight excluding hydrogens is 388 g/mol. The molecule has 1 N–H and O–H groups in total. The summed E-state index contributed by atoms with van der Waals surface area (Å²) >= 11 is 0. The number of carbonyl (C=O) groups excluding carboxylic acids is 1. The molecule has 0 saturated carbocycles. The molecule has 4 aromatic rings. The van der Waals surface area contributed by atoms with Crippen LogP contribution in [0, 0.1) is 0 Å². The highest BCUT2D eigenvalue weighted by molar-refractivity contribution is 5.95. The Kier molecular flexibility index (Phi) is 5.12. The molecular formula is C25H24N4O2. The highest BCUT2D eigenvalue weighted by Crippen LogP contribution is 2.30. The summed E-state index contributed by atoms with van der Waals surface area (Å²) in [4.78, 5) is 27.2. The third-order valence-corrected chi connectivity index (χ3v) is 5.84. The maximum atomic E-state index is 12.7. The second-order valence-corrected chi connectivity index (χ2v) is 7.80. The number of amides is 1. The fourth-order valence-electron chi connectivity index (χ4n) is 4.11. The van der Waals surface area contributed by atoms with Gasteiger partial charge in [0.1, 0.15) is 11.6 Å². The Hall–Kier alpha value is -3.67. The van der Waals surface area contributed by atoms with Gasteiger partial charge in [-0.1, -0.05) is 24.3 Å². The first-order valence-electron chi connectivity index (χ1n) is 10.6. The van der Waals surface area contributed by atoms with Crippen molar-refractivity contribution >= 4 is 17.1 Å². The molecule has 5 rings (SSSR count). The minimum absolute atomic E-state index is 0.110. The first-order chi connectivity index (χ1) is 15.2. The Bertz CT molecular complexity index is 1210. The standard InChI is InChI=1S/C25H24N4O2/c1-31-20-11-9-17(10-12-20)21-13-14-26-24-22(21)27-23(28-24)18-5-7-19(8-6-18)25(30)29-15-3-2-4-16-29/h5-14H,2-4,15-16H2,1H3,(H,26,27,28). The fraction of sp³-hybridized carbons (Fsp3) is 0.240. The zero-order chi connectivity index (χ0) is 21.2. The van der Waals surface area contributed by atoms with Gasteiger partial charge in [0, 0.05) is 36.0 Å². The lowest BCUT2D eigenvalue weighted by Crippen LogP contribution is -2.35. The van der Waals surface area contributed by atoms with Crippen LogP contribution in [0.3, 0.4) is 0 Å². The molecule has 0 bridgehead atoms. The summed E-state index contributed by atoms with van der Waals surface area (Å²) in [6, 6.07) is 17.6. The maximum Gasteiger partial charge on any atom is 0.253 e. The van der Waals surface area contributed by atoms with Crippen molar-refractivity contribution in [1.29, 1.82) is 0 Å². The number of nitrogens with one attached hydrogen (secondary N) is 1. The second kappa shape index (κ2) is 8.22. The number of likely N-dealkylation sites (tertiary alicyclic amines) is 1. The fourth-order valence-corrected chi connectivity index (χ4v) is 4.11. The molecule has 0 radical (unpaired) electrons. The number of imidazole rings is 1. The number of pyridine rings is 1. The minimum Gasteiger partial charge on any atom is -0.497 e. The summed E-state index contributed by atoms with van der Waals surface area (Å²) in [5.41, 5.74) is 5.29. The van der Waals surface area contributed by atoms with Gasteiger partial charge in [-0.3, -0.25) is 4.79 Å². The second-order valence-electron chi connectivity index (χ2n) is 7.80. The van der Waals surface area contributed by atoms with Crippen LogP contribution in [0.2, 0.25) is 0 Å². The van der Waals surface area contributed by atoms with E-state index in [0.717, 1.165) is 65.3 Å². The van der Waals surface area contributed by atoms with Crippen molar-refractivity contribution in [3.05, 3.63) is 66.4 Å². The number of H-pyrrole nitrogens is 1. The lowest BCUT2D eigenvalue weighted by molar-refractivity contribution is 0.0724. The average Bonchev–Trinajstić information content (AvgIpc) is 3.29. The van der Waals surface area contributed by atoms with Gasteiger partial charge in [0.25, 0.3) is 5.91 Å². The SMILES string of the molecule is COc1ccc(-c2ccnc3nc(-c4ccc(C(=O)N5CCCCC5)cc4)[nH]c23)cc1. The Morgan fingerprint density at radius 2 is 1.65 bits per heavy atom. The molecule has 1 aliphatic rings. The summed E-state index contributed by atoms with van der Waals surface area (Å²) < 4.78 is 5.26. The molecule has 6 nitrogen and oxygen atoms in total. The van der Waals surface area contributed by atoms with Gasteiger partial charge in [0.2, 0.25) is 0 Å². The highest BCUT2D eigenvalue weighted by atomic mass is 16.5. The average molecular weight is 412 g/mol. The number of carbonyl (C=O) groups is 1.